The molecule has 8 rings (SSSR count). The number of benzene rings is 2. The number of ether oxygens (including phenoxy) is 1. The molecular weight excluding hydrogens is 612 g/mol. The second-order valence-electron chi connectivity index (χ2n) is 13.2. The predicted molar refractivity (Wildman–Crippen MR) is 170 cm³/mol. The third kappa shape index (κ3) is 4.86. The number of halogens is 4. The smallest absolute Gasteiger partial charge is 0.319 e. The minimum atomic E-state index is -0.955. The zero-order valence-corrected chi connectivity index (χ0v) is 25.4. The Kier molecular flexibility index (Phi) is 7.04. The van der Waals surface area contributed by atoms with Crippen LogP contribution in [0, 0.1) is 24.0 Å². The molecule has 0 amide bonds. The molecule has 4 fully saturated rings. The first kappa shape index (κ1) is 29.9. The van der Waals surface area contributed by atoms with Gasteiger partial charge in [-0.05, 0) is 61.9 Å². The molecule has 47 heavy (non-hydrogen) atoms. The van der Waals surface area contributed by atoms with Gasteiger partial charge in [0.25, 0.3) is 0 Å². The lowest BCUT2D eigenvalue weighted by molar-refractivity contribution is 0.107. The van der Waals surface area contributed by atoms with Crippen LogP contribution in [-0.4, -0.2) is 81.0 Å². The minimum absolute atomic E-state index is 0.0491. The van der Waals surface area contributed by atoms with Crippen LogP contribution in [-0.2, 0) is 0 Å². The van der Waals surface area contributed by atoms with Crippen molar-refractivity contribution in [1.82, 2.24) is 25.2 Å². The summed E-state index contributed by atoms with van der Waals surface area (Å²) in [5.41, 5.74) is -1.38. The maximum atomic E-state index is 16.9. The molecule has 2 N–H and O–H groups in total. The molecule has 0 saturated carbocycles. The Morgan fingerprint density at radius 1 is 1.19 bits per heavy atom. The fraction of sp³-hybridized carbons (Fsp3) is 0.400. The maximum absolute atomic E-state index is 16.9. The standard InChI is InChI=1S/C35H32F4N6O2/c1-2-24-27(38)5-4-20-12-23(46)13-25(28(20)24)30-29(39)31-26(15-40-30)32(44-17-22-6-8-34(18-44,43-22)9-10-36)42-33(41-31)47-19-35-7-3-11-45(35)16-21(37)14-35/h1,4-5,9-10,12-13,15,21-22,43,46H,3,6-8,11,14,16-19H2/b10-9-/t21-,22?,34?,35+/m1/s1. The van der Waals surface area contributed by atoms with Gasteiger partial charge in [-0.3, -0.25) is 9.88 Å². The lowest BCUT2D eigenvalue weighted by Crippen LogP contribution is -2.59. The molecule has 2 unspecified atom stereocenters. The summed E-state index contributed by atoms with van der Waals surface area (Å²) in [4.78, 5) is 17.8. The van der Waals surface area contributed by atoms with Crippen molar-refractivity contribution in [3.8, 4) is 35.4 Å². The third-order valence-corrected chi connectivity index (χ3v) is 10.4. The molecule has 0 radical (unpaired) electrons. The highest BCUT2D eigenvalue weighted by Gasteiger charge is 2.49. The summed E-state index contributed by atoms with van der Waals surface area (Å²) < 4.78 is 65.9. The summed E-state index contributed by atoms with van der Waals surface area (Å²) in [7, 11) is 0. The summed E-state index contributed by atoms with van der Waals surface area (Å²) in [6, 6.07) is 5.33. The van der Waals surface area contributed by atoms with Crippen molar-refractivity contribution in [2.75, 3.05) is 37.7 Å². The fourth-order valence-corrected chi connectivity index (χ4v) is 8.30. The molecule has 4 saturated heterocycles. The zero-order valence-electron chi connectivity index (χ0n) is 25.4. The molecule has 0 spiro atoms. The van der Waals surface area contributed by atoms with Gasteiger partial charge in [0.2, 0.25) is 0 Å². The second kappa shape index (κ2) is 11.1. The number of piperazine rings is 1. The van der Waals surface area contributed by atoms with Crippen molar-refractivity contribution in [2.24, 2.45) is 0 Å². The van der Waals surface area contributed by atoms with Gasteiger partial charge in [-0.2, -0.15) is 9.97 Å². The molecule has 6 heterocycles. The van der Waals surface area contributed by atoms with Gasteiger partial charge in [0, 0.05) is 49.2 Å². The molecule has 242 valence electrons. The number of aromatic nitrogens is 3. The Balaban J connectivity index is 1.28. The normalized spacial score (nSPS) is 27.3. The Hall–Kier alpha value is -4.47. The van der Waals surface area contributed by atoms with E-state index < -0.39 is 28.9 Å². The van der Waals surface area contributed by atoms with Crippen LogP contribution in [0.1, 0.15) is 37.7 Å². The number of anilines is 1. The number of aromatic hydroxyl groups is 1. The van der Waals surface area contributed by atoms with Crippen LogP contribution in [0.2, 0.25) is 0 Å². The Morgan fingerprint density at radius 2 is 2.06 bits per heavy atom. The molecule has 8 nitrogen and oxygen atoms in total. The number of nitrogens with zero attached hydrogens (tertiary/aromatic N) is 5. The first-order chi connectivity index (χ1) is 22.7. The molecular formula is C35H32F4N6O2. The molecule has 4 aliphatic heterocycles. The highest BCUT2D eigenvalue weighted by Crippen LogP contribution is 2.42. The molecule has 2 bridgehead atoms. The van der Waals surface area contributed by atoms with Crippen molar-refractivity contribution in [3.05, 3.63) is 60.1 Å². The van der Waals surface area contributed by atoms with Crippen molar-refractivity contribution in [2.45, 2.75) is 55.4 Å². The number of hydrogen-bond acceptors (Lipinski definition) is 8. The first-order valence-corrected chi connectivity index (χ1v) is 15.8. The van der Waals surface area contributed by atoms with E-state index in [2.05, 4.69) is 26.1 Å². The van der Waals surface area contributed by atoms with E-state index in [9.17, 15) is 18.3 Å². The highest BCUT2D eigenvalue weighted by atomic mass is 19.1. The van der Waals surface area contributed by atoms with Gasteiger partial charge in [0.15, 0.2) is 5.82 Å². The van der Waals surface area contributed by atoms with Crippen molar-refractivity contribution in [1.29, 1.82) is 0 Å². The number of nitrogens with one attached hydrogen (secondary N) is 1. The Labute approximate surface area is 268 Å². The van der Waals surface area contributed by atoms with Crippen molar-refractivity contribution < 1.29 is 27.4 Å². The average Bonchev–Trinajstić information content (AvgIpc) is 3.68. The SMILES string of the molecule is C#Cc1c(F)ccc2cc(O)cc(-c3ncc4c(N5CC6CCC(/C=C\F)(C5)N6)nc(OC[C@@]56CCCN5C[C@H](F)C6)nc4c3F)c12. The molecule has 4 atom stereocenters. The van der Waals surface area contributed by atoms with E-state index in [4.69, 9.17) is 16.1 Å². The van der Waals surface area contributed by atoms with Gasteiger partial charge in [0.1, 0.15) is 41.4 Å². The number of terminal acetylenes is 1. The number of hydrogen-bond donors (Lipinski definition) is 2. The van der Waals surface area contributed by atoms with Gasteiger partial charge >= 0.3 is 6.01 Å². The number of phenolic OH excluding ortho intramolecular Hbond substituents is 1. The van der Waals surface area contributed by atoms with Crippen LogP contribution < -0.4 is 15.0 Å². The number of phenols is 1. The summed E-state index contributed by atoms with van der Waals surface area (Å²) in [5, 5.41) is 15.0. The van der Waals surface area contributed by atoms with Crippen LogP contribution >= 0.6 is 0 Å². The third-order valence-electron chi connectivity index (χ3n) is 10.4. The van der Waals surface area contributed by atoms with E-state index in [0.717, 1.165) is 32.2 Å². The average molecular weight is 645 g/mol. The van der Waals surface area contributed by atoms with Gasteiger partial charge in [-0.15, -0.1) is 6.42 Å². The highest BCUT2D eigenvalue weighted by molar-refractivity contribution is 6.03. The van der Waals surface area contributed by atoms with E-state index in [-0.39, 0.29) is 52.1 Å². The largest absolute Gasteiger partial charge is 0.508 e. The summed E-state index contributed by atoms with van der Waals surface area (Å²) in [5.74, 6) is 1.04. The second-order valence-corrected chi connectivity index (χ2v) is 13.2. The minimum Gasteiger partial charge on any atom is -0.508 e. The number of rotatable bonds is 6. The first-order valence-electron chi connectivity index (χ1n) is 15.8. The monoisotopic (exact) mass is 644 g/mol. The lowest BCUT2D eigenvalue weighted by Gasteiger charge is -2.40. The lowest BCUT2D eigenvalue weighted by atomic mass is 9.95. The Bertz CT molecular complexity index is 2000. The van der Waals surface area contributed by atoms with E-state index >= 15 is 4.39 Å². The summed E-state index contributed by atoms with van der Waals surface area (Å²) in [6.07, 6.45) is 11.8. The molecule has 4 aromatic rings. The van der Waals surface area contributed by atoms with Crippen LogP contribution in [0.15, 0.2) is 42.9 Å². The van der Waals surface area contributed by atoms with Crippen LogP contribution in [0.4, 0.5) is 23.4 Å². The van der Waals surface area contributed by atoms with Crippen LogP contribution in [0.25, 0.3) is 32.9 Å². The molecule has 12 heteroatoms. The maximum Gasteiger partial charge on any atom is 0.319 e. The van der Waals surface area contributed by atoms with Crippen molar-refractivity contribution >= 4 is 27.5 Å². The molecule has 2 aromatic carbocycles. The number of pyridine rings is 1. The van der Waals surface area contributed by atoms with Crippen LogP contribution in [0.5, 0.6) is 11.8 Å². The zero-order chi connectivity index (χ0) is 32.5. The number of fused-ring (bicyclic) bond motifs is 5. The fourth-order valence-electron chi connectivity index (χ4n) is 8.30. The van der Waals surface area contributed by atoms with E-state index in [1.165, 1.54) is 36.5 Å². The quantitative estimate of drug-likeness (QED) is 0.209. The van der Waals surface area contributed by atoms with Crippen LogP contribution in [0.3, 0.4) is 0 Å². The van der Waals surface area contributed by atoms with E-state index in [1.54, 1.807) is 0 Å². The van der Waals surface area contributed by atoms with Gasteiger partial charge in [-0.25, -0.2) is 17.6 Å². The topological polar surface area (TPSA) is 86.6 Å². The molecule has 2 aromatic heterocycles. The van der Waals surface area contributed by atoms with Crippen molar-refractivity contribution in [3.63, 3.8) is 0 Å². The van der Waals surface area contributed by atoms with Gasteiger partial charge < -0.3 is 20.1 Å². The Morgan fingerprint density at radius 3 is 2.89 bits per heavy atom. The van der Waals surface area contributed by atoms with Gasteiger partial charge in [-0.1, -0.05) is 12.0 Å². The molecule has 0 aliphatic carbocycles. The van der Waals surface area contributed by atoms with E-state index in [0.29, 0.717) is 49.0 Å². The van der Waals surface area contributed by atoms with Gasteiger partial charge in [0.05, 0.1) is 28.4 Å². The molecule has 4 aliphatic rings. The number of alkyl halides is 1. The summed E-state index contributed by atoms with van der Waals surface area (Å²) >= 11 is 0. The predicted octanol–water partition coefficient (Wildman–Crippen LogP) is 5.56. The summed E-state index contributed by atoms with van der Waals surface area (Å²) in [6.45, 7) is 2.16. The van der Waals surface area contributed by atoms with E-state index in [1.807, 2.05) is 4.90 Å².